The molecule has 136 heavy (non-hydrogen) atoms. The molecule has 0 saturated heterocycles. The predicted molar refractivity (Wildman–Crippen MR) is 560 cm³/mol. The molecule has 0 aromatic heterocycles. The van der Waals surface area contributed by atoms with Crippen LogP contribution in [0.1, 0.15) is 411 Å². The van der Waals surface area contributed by atoms with Gasteiger partial charge in [-0.3, -0.25) is 43.2 Å². The van der Waals surface area contributed by atoms with Gasteiger partial charge >= 0.3 is 53.7 Å². The monoisotopic (exact) mass is 2030 g/mol. The summed E-state index contributed by atoms with van der Waals surface area (Å²) in [6, 6.07) is 0. The van der Waals surface area contributed by atoms with E-state index in [1.54, 1.807) is 54.0 Å². The number of esters is 5. The van der Waals surface area contributed by atoms with Gasteiger partial charge in [0.05, 0.1) is 64.3 Å². The first-order valence-electron chi connectivity index (χ1n) is 51.2. The van der Waals surface area contributed by atoms with Gasteiger partial charge in [-0.1, -0.05) is 324 Å². The molecular formula is C102H195N3O27S4. The van der Waals surface area contributed by atoms with Crippen molar-refractivity contribution >= 4 is 130 Å². The van der Waals surface area contributed by atoms with E-state index in [0.717, 1.165) is 57.8 Å². The number of unbranched alkanes of at least 4 members (excludes halogenated alkanes) is 45. The minimum Gasteiger partial charge on any atom is -0.481 e. The number of methoxy groups -OCH3 is 2. The summed E-state index contributed by atoms with van der Waals surface area (Å²) in [4.78, 5) is 147. The lowest BCUT2D eigenvalue weighted by atomic mass is 10.0. The molecule has 1 aliphatic rings. The summed E-state index contributed by atoms with van der Waals surface area (Å²) in [7, 11) is 3.57. The molecule has 0 aromatic rings. The second kappa shape index (κ2) is 125. The number of nitrogens with two attached hydrogens (primary N) is 1. The number of thioether (sulfide) groups is 4. The Labute approximate surface area is 841 Å². The molecule has 13 N–H and O–H groups in total. The van der Waals surface area contributed by atoms with Crippen LogP contribution in [0.2, 0.25) is 0 Å². The average Bonchev–Trinajstić information content (AvgIpc) is 1.81. The number of ketones is 3. The van der Waals surface area contributed by atoms with Crippen LogP contribution in [0.25, 0.3) is 0 Å². The Kier molecular flexibility index (Phi) is 133. The molecule has 804 valence electrons. The molecule has 0 spiro atoms. The second-order valence-electron chi connectivity index (χ2n) is 32.7. The van der Waals surface area contributed by atoms with Crippen molar-refractivity contribution in [2.75, 3.05) is 95.6 Å². The average molecular weight is 2030 g/mol. The standard InChI is InChI=1S/C24H47NO2.C23H45NO3.C18H39N.C9H8O7.C6H10O3.2C6H14O2S2.C5H8O4.C4H2O3.CH4O.2H2/c1-3-5-6-7-8-9-10-11-12-13-14-15-16-17-18-19-22-25-24(27)21-20-23(26)4-2;1-3-4-5-6-7-8-9-10-11-12-13-14-15-16-17-18-21-24-22(25)19-20-23(26)27-2;1-2-3-4-5-6-7-8-9-10-11-12-13-14-15-16-17-18-19;10-6(1-2-7(11)12)5-16-9(15)4-3-8(13)14;1-2-5(7)3-4-6(8)9;2*1-9-3-5(7)6(8)4-10-2;1-9-5(8)3-2-4(6)7;5-3-1-2-4(6)7-3;1-2;;/h3-22H2,1-2H3,(H,25,27);3-21H2,1-2H3,(H,24,25);2-19H2,1H3;1-4H,5H2,(H,11,12)(H,13,14);2-4H2,1H3,(H,8,9);2*5-8H,3-4H2,1-2H3;2-3H2,1H3,(H,6,7);1-2H;2H,1H3;2*1H/b;;;2-1-,4-3-;;;;;;;;/i;;;;;;;;;;1+2D;1+2. The number of amides is 2. The molecule has 0 radical (unpaired) electrons. The van der Waals surface area contributed by atoms with E-state index in [-0.39, 0.29) is 69.3 Å². The maximum atomic E-state index is 11.6. The van der Waals surface area contributed by atoms with Crippen molar-refractivity contribution < 1.29 is 136 Å². The summed E-state index contributed by atoms with van der Waals surface area (Å²) in [5.74, 6) is -5.60. The fraction of sp³-hybridized carbons (Fsp3) is 0.804. The van der Waals surface area contributed by atoms with Crippen molar-refractivity contribution in [2.24, 2.45) is 5.73 Å². The number of ether oxygens (including phenoxy) is 4. The maximum absolute atomic E-state index is 11.6. The van der Waals surface area contributed by atoms with Crippen LogP contribution < -0.4 is 16.4 Å². The molecular weight excluding hydrogens is 1830 g/mol. The minimum atomic E-state index is -1.32. The van der Waals surface area contributed by atoms with Crippen LogP contribution in [0.4, 0.5) is 0 Å². The summed E-state index contributed by atoms with van der Waals surface area (Å²) in [6.07, 6.45) is 78.4. The Morgan fingerprint density at radius 2 is 0.603 bits per heavy atom. The number of carboxylic acid groups (broad SMARTS) is 4. The molecule has 0 aromatic carbocycles. The molecule has 1 heterocycles. The van der Waals surface area contributed by atoms with Crippen LogP contribution in [0.5, 0.6) is 0 Å². The zero-order chi connectivity index (χ0) is 106. The van der Waals surface area contributed by atoms with Gasteiger partial charge in [-0.25, -0.2) is 24.0 Å². The Morgan fingerprint density at radius 3 is 0.831 bits per heavy atom. The Morgan fingerprint density at radius 1 is 0.368 bits per heavy atom. The predicted octanol–water partition coefficient (Wildman–Crippen LogP) is 20.5. The van der Waals surface area contributed by atoms with Crippen LogP contribution in [-0.4, -0.2) is 249 Å². The minimum absolute atomic E-state index is 0. The number of Topliss-reactive ketones (excluding diaryl/α,β-unsaturated/α-hetero) is 2. The fourth-order valence-electron chi connectivity index (χ4n) is 12.1. The number of aliphatic hydroxyl groups is 5. The molecule has 0 aliphatic carbocycles. The molecule has 1 aliphatic heterocycles. The quantitative estimate of drug-likeness (QED) is 0.00884. The number of aliphatic carboxylic acids is 4. The lowest BCUT2D eigenvalue weighted by Crippen LogP contribution is -2.30. The summed E-state index contributed by atoms with van der Waals surface area (Å²) in [5.41, 5.74) is 5.48. The molecule has 2 amide bonds. The van der Waals surface area contributed by atoms with Gasteiger partial charge in [-0.05, 0) is 56.9 Å². The highest BCUT2D eigenvalue weighted by atomic mass is 32.2. The fourth-order valence-corrected chi connectivity index (χ4v) is 14.4. The van der Waals surface area contributed by atoms with Gasteiger partial charge in [0.2, 0.25) is 11.8 Å². The van der Waals surface area contributed by atoms with Gasteiger partial charge in [-0.2, -0.15) is 47.0 Å². The Balaban J connectivity index is -0.000000152. The van der Waals surface area contributed by atoms with Gasteiger partial charge in [0.15, 0.2) is 12.4 Å². The number of nitrogens with one attached hydrogen (secondary N) is 2. The first-order chi connectivity index (χ1) is 66.3. The number of cyclic esters (lactones) is 2. The molecule has 0 saturated carbocycles. The van der Waals surface area contributed by atoms with Gasteiger partial charge < -0.3 is 81.3 Å². The van der Waals surface area contributed by atoms with E-state index in [4.69, 9.17) is 54.7 Å². The van der Waals surface area contributed by atoms with Gasteiger partial charge in [0.1, 0.15) is 11.6 Å². The van der Waals surface area contributed by atoms with E-state index in [1.165, 1.54) is 310 Å². The molecule has 34 heteroatoms. The number of hydrogen-bond donors (Lipinski definition) is 12. The highest BCUT2D eigenvalue weighted by Gasteiger charge is 2.16. The summed E-state index contributed by atoms with van der Waals surface area (Å²) in [6.45, 7) is 12.1. The topological polar surface area (TPSA) is 508 Å². The van der Waals surface area contributed by atoms with E-state index in [2.05, 4.69) is 50.4 Å². The SMILES string of the molecule is CCC(=O)CCC(=O)O.CCCCCCCCCCCCCCCCCCN.CCCCCCCCCCCCCCCCCCNC(=O)CCC(=O)CC.CCCCCCCCCCCCCCCCCCNC(=O)CCC(=O)OC.CO.COC(=O)CCC(=O)O.CSCC(O)C(O)CSC.CSCC(O)C(O)CSC.O=C(O)/C=C\C(=O)COC(=O)/C=C\C(=O)O.O=C1C=CC(=O)O1.[2H][3H].[3HH]. The van der Waals surface area contributed by atoms with Crippen LogP contribution in [-0.2, 0) is 86.1 Å². The molecule has 0 fully saturated rings. The molecule has 4 atom stereocenters. The number of carbonyl (C=O) groups excluding carboxylic acids is 10. The van der Waals surface area contributed by atoms with E-state index < -0.39 is 84.6 Å². The van der Waals surface area contributed by atoms with Crippen molar-refractivity contribution in [3.8, 4) is 0 Å². The van der Waals surface area contributed by atoms with Crippen molar-refractivity contribution in [1.82, 2.24) is 10.6 Å². The summed E-state index contributed by atoms with van der Waals surface area (Å²) >= 11 is 6.18. The second-order valence-corrected chi connectivity index (χ2v) is 36.3. The van der Waals surface area contributed by atoms with Crippen LogP contribution >= 0.6 is 47.0 Å². The van der Waals surface area contributed by atoms with Crippen LogP contribution in [0.3, 0.4) is 0 Å². The molecule has 30 nitrogen and oxygen atoms in total. The van der Waals surface area contributed by atoms with Crippen LogP contribution in [0, 0.1) is 0 Å². The Hall–Kier alpha value is -6.24. The third kappa shape index (κ3) is 143. The zero-order valence-corrected chi connectivity index (χ0v) is 89.3. The molecule has 1 rings (SSSR count). The summed E-state index contributed by atoms with van der Waals surface area (Å²) < 4.78 is 27.0. The number of rotatable bonds is 80. The maximum Gasteiger partial charge on any atom is 0.338 e. The normalized spacial score (nSPS) is 11.7. The van der Waals surface area contributed by atoms with Crippen LogP contribution in [0.15, 0.2) is 36.5 Å². The van der Waals surface area contributed by atoms with E-state index in [1.807, 2.05) is 31.9 Å². The summed E-state index contributed by atoms with van der Waals surface area (Å²) in [5, 5.41) is 81.9. The number of hydrogen-bond acceptors (Lipinski definition) is 28. The number of carboxylic acids is 4. The van der Waals surface area contributed by atoms with Crippen molar-refractivity contribution in [3.63, 3.8) is 0 Å². The number of carbonyl (C=O) groups is 14. The first-order valence-corrected chi connectivity index (χ1v) is 55.8. The lowest BCUT2D eigenvalue weighted by Gasteiger charge is -2.14. The number of aliphatic hydroxyl groups excluding tert-OH is 5. The van der Waals surface area contributed by atoms with Crippen molar-refractivity contribution in [3.05, 3.63) is 36.5 Å². The third-order valence-electron chi connectivity index (χ3n) is 20.3. The van der Waals surface area contributed by atoms with Crippen molar-refractivity contribution in [1.29, 1.82) is 0 Å². The van der Waals surface area contributed by atoms with Gasteiger partial charge in [-0.15, -0.1) is 0 Å². The molecule has 4 unspecified atom stereocenters. The Bertz CT molecular complexity index is 2710. The van der Waals surface area contributed by atoms with E-state index >= 15 is 0 Å². The van der Waals surface area contributed by atoms with Crippen molar-refractivity contribution in [2.45, 2.75) is 431 Å². The highest BCUT2D eigenvalue weighted by molar-refractivity contribution is 7.99. The van der Waals surface area contributed by atoms with E-state index in [9.17, 15) is 67.1 Å². The zero-order valence-electron chi connectivity index (χ0n) is 88.0. The highest BCUT2D eigenvalue weighted by Crippen LogP contribution is 2.18. The first kappa shape index (κ1) is 145. The third-order valence-corrected chi connectivity index (χ3v) is 23.0. The smallest absolute Gasteiger partial charge is 0.338 e. The lowest BCUT2D eigenvalue weighted by molar-refractivity contribution is -0.150. The van der Waals surface area contributed by atoms with Gasteiger partial charge in [0.25, 0.3) is 0 Å². The van der Waals surface area contributed by atoms with Gasteiger partial charge in [0, 0.05) is 117 Å². The van der Waals surface area contributed by atoms with E-state index in [0.29, 0.717) is 66.9 Å². The molecule has 0 bridgehead atoms. The largest absolute Gasteiger partial charge is 0.481 e.